The number of hydrogen-bond donors (Lipinski definition) is 1. The van der Waals surface area contributed by atoms with E-state index in [0.29, 0.717) is 22.5 Å². The fourth-order valence-electron chi connectivity index (χ4n) is 2.47. The number of nitrogens with zero attached hydrogens (tertiary/aromatic N) is 2. The Morgan fingerprint density at radius 2 is 1.85 bits per heavy atom. The number of anilines is 1. The standard InChI is InChI=1S/C19H16FN3O3/c1-12-15(19(25)26-2)4-3-5-16(12)21-18(24)17-10-11-23(22-17)14-8-6-13(20)7-9-14/h3-11H,1-2H3,(H,21,24). The summed E-state index contributed by atoms with van der Waals surface area (Å²) in [6.07, 6.45) is 1.61. The van der Waals surface area contributed by atoms with E-state index in [2.05, 4.69) is 10.4 Å². The Bertz CT molecular complexity index is 964. The Balaban J connectivity index is 1.81. The average Bonchev–Trinajstić information content (AvgIpc) is 3.13. The van der Waals surface area contributed by atoms with E-state index in [0.717, 1.165) is 0 Å². The highest BCUT2D eigenvalue weighted by Crippen LogP contribution is 2.20. The molecule has 6 nitrogen and oxygen atoms in total. The Kier molecular flexibility index (Phi) is 4.79. The summed E-state index contributed by atoms with van der Waals surface area (Å²) < 4.78 is 19.2. The summed E-state index contributed by atoms with van der Waals surface area (Å²) in [6, 6.07) is 12.3. The van der Waals surface area contributed by atoms with Gasteiger partial charge in [0.1, 0.15) is 5.82 Å². The second-order valence-corrected chi connectivity index (χ2v) is 5.55. The van der Waals surface area contributed by atoms with Crippen LogP contribution in [0.3, 0.4) is 0 Å². The third-order valence-corrected chi connectivity index (χ3v) is 3.90. The van der Waals surface area contributed by atoms with E-state index in [1.54, 1.807) is 49.5 Å². The summed E-state index contributed by atoms with van der Waals surface area (Å²) >= 11 is 0. The molecule has 1 heterocycles. The molecule has 7 heteroatoms. The first-order chi connectivity index (χ1) is 12.5. The number of esters is 1. The monoisotopic (exact) mass is 353 g/mol. The molecule has 3 aromatic rings. The van der Waals surface area contributed by atoms with Crippen LogP contribution >= 0.6 is 0 Å². The number of methoxy groups -OCH3 is 1. The molecule has 1 N–H and O–H groups in total. The summed E-state index contributed by atoms with van der Waals surface area (Å²) in [7, 11) is 1.30. The SMILES string of the molecule is COC(=O)c1cccc(NC(=O)c2ccn(-c3ccc(F)cc3)n2)c1C. The van der Waals surface area contributed by atoms with E-state index in [9.17, 15) is 14.0 Å². The molecule has 0 bridgehead atoms. The van der Waals surface area contributed by atoms with E-state index in [1.807, 2.05) is 0 Å². The minimum Gasteiger partial charge on any atom is -0.465 e. The van der Waals surface area contributed by atoms with Crippen molar-refractivity contribution >= 4 is 17.6 Å². The Labute approximate surface area is 149 Å². The first-order valence-electron chi connectivity index (χ1n) is 7.80. The van der Waals surface area contributed by atoms with Crippen LogP contribution in [-0.2, 0) is 4.74 Å². The molecule has 0 radical (unpaired) electrons. The maximum absolute atomic E-state index is 13.0. The highest BCUT2D eigenvalue weighted by molar-refractivity contribution is 6.04. The quantitative estimate of drug-likeness (QED) is 0.730. The van der Waals surface area contributed by atoms with Gasteiger partial charge in [-0.2, -0.15) is 5.10 Å². The maximum Gasteiger partial charge on any atom is 0.338 e. The Morgan fingerprint density at radius 1 is 1.12 bits per heavy atom. The lowest BCUT2D eigenvalue weighted by Crippen LogP contribution is -2.15. The number of ether oxygens (including phenoxy) is 1. The van der Waals surface area contributed by atoms with Crippen molar-refractivity contribution in [2.24, 2.45) is 0 Å². The molecule has 0 aliphatic carbocycles. The minimum absolute atomic E-state index is 0.192. The van der Waals surface area contributed by atoms with Crippen LogP contribution in [0.1, 0.15) is 26.4 Å². The fourth-order valence-corrected chi connectivity index (χ4v) is 2.47. The summed E-state index contributed by atoms with van der Waals surface area (Å²) in [6.45, 7) is 1.72. The van der Waals surface area contributed by atoms with Gasteiger partial charge in [-0.1, -0.05) is 6.07 Å². The fraction of sp³-hybridized carbons (Fsp3) is 0.105. The molecule has 0 atom stereocenters. The molecule has 0 aliphatic heterocycles. The van der Waals surface area contributed by atoms with Gasteiger partial charge in [0, 0.05) is 11.9 Å². The van der Waals surface area contributed by atoms with Gasteiger partial charge >= 0.3 is 5.97 Å². The molecule has 26 heavy (non-hydrogen) atoms. The minimum atomic E-state index is -0.473. The second kappa shape index (κ2) is 7.18. The molecule has 0 fully saturated rings. The van der Waals surface area contributed by atoms with E-state index in [1.165, 1.54) is 23.9 Å². The van der Waals surface area contributed by atoms with Crippen LogP contribution in [0.15, 0.2) is 54.7 Å². The first kappa shape index (κ1) is 17.3. The van der Waals surface area contributed by atoms with Crippen molar-refractivity contribution in [2.45, 2.75) is 6.92 Å². The third-order valence-electron chi connectivity index (χ3n) is 3.90. The van der Waals surface area contributed by atoms with Gasteiger partial charge < -0.3 is 10.1 Å². The van der Waals surface area contributed by atoms with Crippen LogP contribution < -0.4 is 5.32 Å². The molecule has 0 spiro atoms. The lowest BCUT2D eigenvalue weighted by atomic mass is 10.1. The van der Waals surface area contributed by atoms with Crippen LogP contribution in [0.2, 0.25) is 0 Å². The van der Waals surface area contributed by atoms with Crippen LogP contribution in [0.25, 0.3) is 5.69 Å². The van der Waals surface area contributed by atoms with E-state index in [4.69, 9.17) is 4.74 Å². The Hall–Kier alpha value is -3.48. The number of nitrogens with one attached hydrogen (secondary N) is 1. The van der Waals surface area contributed by atoms with Gasteiger partial charge in [-0.15, -0.1) is 0 Å². The van der Waals surface area contributed by atoms with Crippen molar-refractivity contribution in [3.63, 3.8) is 0 Å². The predicted octanol–water partition coefficient (Wildman–Crippen LogP) is 3.36. The molecular weight excluding hydrogens is 337 g/mol. The topological polar surface area (TPSA) is 73.2 Å². The summed E-state index contributed by atoms with van der Waals surface area (Å²) in [5, 5.41) is 6.94. The van der Waals surface area contributed by atoms with Crippen LogP contribution in [0.4, 0.5) is 10.1 Å². The van der Waals surface area contributed by atoms with Crippen LogP contribution in [0.5, 0.6) is 0 Å². The molecule has 3 rings (SSSR count). The number of rotatable bonds is 4. The number of halogens is 1. The van der Waals surface area contributed by atoms with Crippen molar-refractivity contribution in [1.82, 2.24) is 9.78 Å². The molecule has 0 aliphatic rings. The van der Waals surface area contributed by atoms with Crippen LogP contribution in [-0.4, -0.2) is 28.8 Å². The van der Waals surface area contributed by atoms with Crippen LogP contribution in [0, 0.1) is 12.7 Å². The number of carbonyl (C=O) groups is 2. The molecular formula is C19H16FN3O3. The van der Waals surface area contributed by atoms with Crippen molar-refractivity contribution in [3.8, 4) is 5.69 Å². The van der Waals surface area contributed by atoms with Crippen molar-refractivity contribution in [1.29, 1.82) is 0 Å². The summed E-state index contributed by atoms with van der Waals surface area (Å²) in [5.74, 6) is -1.24. The zero-order valence-electron chi connectivity index (χ0n) is 14.2. The summed E-state index contributed by atoms with van der Waals surface area (Å²) in [5.41, 5.74) is 2.30. The number of carbonyl (C=O) groups excluding carboxylic acids is 2. The van der Waals surface area contributed by atoms with Gasteiger partial charge in [0.05, 0.1) is 18.4 Å². The van der Waals surface area contributed by atoms with Crippen molar-refractivity contribution in [3.05, 3.63) is 77.4 Å². The normalized spacial score (nSPS) is 10.4. The summed E-state index contributed by atoms with van der Waals surface area (Å²) in [4.78, 5) is 24.2. The first-order valence-corrected chi connectivity index (χ1v) is 7.80. The molecule has 2 aromatic carbocycles. The molecule has 1 amide bonds. The largest absolute Gasteiger partial charge is 0.465 e. The molecule has 1 aromatic heterocycles. The van der Waals surface area contributed by atoms with Gasteiger partial charge in [0.2, 0.25) is 0 Å². The molecule has 132 valence electrons. The van der Waals surface area contributed by atoms with E-state index >= 15 is 0 Å². The molecule has 0 saturated heterocycles. The van der Waals surface area contributed by atoms with Gasteiger partial charge in [0.15, 0.2) is 5.69 Å². The van der Waals surface area contributed by atoms with Gasteiger partial charge in [-0.25, -0.2) is 13.9 Å². The molecule has 0 unspecified atom stereocenters. The highest BCUT2D eigenvalue weighted by atomic mass is 19.1. The Morgan fingerprint density at radius 3 is 2.54 bits per heavy atom. The number of hydrogen-bond acceptors (Lipinski definition) is 4. The predicted molar refractivity (Wildman–Crippen MR) is 94.0 cm³/mol. The average molecular weight is 353 g/mol. The second-order valence-electron chi connectivity index (χ2n) is 5.55. The van der Waals surface area contributed by atoms with Gasteiger partial charge in [-0.3, -0.25) is 4.79 Å². The lowest BCUT2D eigenvalue weighted by molar-refractivity contribution is 0.0599. The van der Waals surface area contributed by atoms with Gasteiger partial charge in [0.25, 0.3) is 5.91 Å². The zero-order valence-corrected chi connectivity index (χ0v) is 14.2. The van der Waals surface area contributed by atoms with Gasteiger partial charge in [-0.05, 0) is 55.0 Å². The molecule has 0 saturated carbocycles. The van der Waals surface area contributed by atoms with Crippen molar-refractivity contribution in [2.75, 3.05) is 12.4 Å². The van der Waals surface area contributed by atoms with Crippen molar-refractivity contribution < 1.29 is 18.7 Å². The smallest absolute Gasteiger partial charge is 0.338 e. The third kappa shape index (κ3) is 3.46. The zero-order chi connectivity index (χ0) is 18.7. The van der Waals surface area contributed by atoms with E-state index in [-0.39, 0.29) is 11.5 Å². The lowest BCUT2D eigenvalue weighted by Gasteiger charge is -2.10. The van der Waals surface area contributed by atoms with E-state index < -0.39 is 11.9 Å². The maximum atomic E-state index is 13.0. The number of amides is 1. The number of benzene rings is 2. The number of aromatic nitrogens is 2. The highest BCUT2D eigenvalue weighted by Gasteiger charge is 2.15.